The third-order valence-electron chi connectivity index (χ3n) is 6.82. The van der Waals surface area contributed by atoms with Gasteiger partial charge >= 0.3 is 5.97 Å². The van der Waals surface area contributed by atoms with E-state index >= 15 is 0 Å². The van der Waals surface area contributed by atoms with Gasteiger partial charge in [0.05, 0.1) is 37.5 Å². The van der Waals surface area contributed by atoms with E-state index in [0.717, 1.165) is 0 Å². The number of amides is 1. The van der Waals surface area contributed by atoms with E-state index in [1.54, 1.807) is 23.3 Å². The van der Waals surface area contributed by atoms with E-state index in [9.17, 15) is 14.4 Å². The number of ketones is 1. The van der Waals surface area contributed by atoms with Gasteiger partial charge in [-0.2, -0.15) is 0 Å². The summed E-state index contributed by atoms with van der Waals surface area (Å²) in [5.74, 6) is -2.15. The molecule has 142 valence electrons. The molecular formula is C20H21NO6. The first-order chi connectivity index (χ1) is 12.9. The molecule has 0 radical (unpaired) electrons. The lowest BCUT2D eigenvalue weighted by molar-refractivity contribution is -0.157. The van der Waals surface area contributed by atoms with E-state index in [1.807, 2.05) is 26.0 Å². The predicted octanol–water partition coefficient (Wildman–Crippen LogP) is 1.50. The molecule has 2 bridgehead atoms. The summed E-state index contributed by atoms with van der Waals surface area (Å²) < 4.78 is 16.8. The summed E-state index contributed by atoms with van der Waals surface area (Å²) in [4.78, 5) is 40.8. The van der Waals surface area contributed by atoms with Crippen LogP contribution in [0.15, 0.2) is 35.0 Å². The van der Waals surface area contributed by atoms with Gasteiger partial charge in [0.1, 0.15) is 23.1 Å². The van der Waals surface area contributed by atoms with E-state index in [0.29, 0.717) is 5.76 Å². The van der Waals surface area contributed by atoms with Gasteiger partial charge in [0.15, 0.2) is 0 Å². The van der Waals surface area contributed by atoms with E-state index < -0.39 is 53.4 Å². The van der Waals surface area contributed by atoms with Crippen LogP contribution in [0.4, 0.5) is 0 Å². The van der Waals surface area contributed by atoms with Crippen LogP contribution in [0.2, 0.25) is 0 Å². The van der Waals surface area contributed by atoms with Crippen LogP contribution in [-0.4, -0.2) is 47.4 Å². The standard InChI is InChI=1S/C20H21NO6/c1-9-15(12-5-4-8-26-12)21-17(10(2)16(9)22)20-7-6-11(27-20)13(19(24)25-3)14(20)18(21)23/h4-11,13-15,17H,1-3H3/t9-,10+,11-,13-,14-,15-,17-,20+/m1/s1. The van der Waals surface area contributed by atoms with Crippen molar-refractivity contribution in [2.24, 2.45) is 23.7 Å². The molecule has 27 heavy (non-hydrogen) atoms. The summed E-state index contributed by atoms with van der Waals surface area (Å²) in [5, 5.41) is 0. The average molecular weight is 371 g/mol. The quantitative estimate of drug-likeness (QED) is 0.578. The lowest BCUT2D eigenvalue weighted by atomic mass is 9.69. The van der Waals surface area contributed by atoms with Crippen molar-refractivity contribution in [3.05, 3.63) is 36.3 Å². The third kappa shape index (κ3) is 1.83. The molecule has 3 saturated heterocycles. The number of ether oxygens (including phenoxy) is 2. The molecule has 7 heteroatoms. The van der Waals surface area contributed by atoms with Gasteiger partial charge in [-0.05, 0) is 12.1 Å². The molecule has 3 fully saturated rings. The lowest BCUT2D eigenvalue weighted by Gasteiger charge is -2.46. The fourth-order valence-electron chi connectivity index (χ4n) is 5.77. The minimum atomic E-state index is -0.972. The van der Waals surface area contributed by atoms with E-state index in [4.69, 9.17) is 13.9 Å². The smallest absolute Gasteiger partial charge is 0.312 e. The Kier molecular flexibility index (Phi) is 3.30. The Labute approximate surface area is 156 Å². The maximum absolute atomic E-state index is 13.6. The van der Waals surface area contributed by atoms with Gasteiger partial charge < -0.3 is 18.8 Å². The van der Waals surface area contributed by atoms with E-state index in [1.165, 1.54) is 7.11 Å². The highest BCUT2D eigenvalue weighted by Crippen LogP contribution is 2.60. The molecule has 7 nitrogen and oxygen atoms in total. The fourth-order valence-corrected chi connectivity index (χ4v) is 5.77. The minimum Gasteiger partial charge on any atom is -0.469 e. The molecular weight excluding hydrogens is 350 g/mol. The predicted molar refractivity (Wildman–Crippen MR) is 91.2 cm³/mol. The number of carbonyl (C=O) groups excluding carboxylic acids is 3. The number of fused-ring (bicyclic) bond motifs is 2. The molecule has 5 rings (SSSR count). The Morgan fingerprint density at radius 2 is 2.04 bits per heavy atom. The van der Waals surface area contributed by atoms with Gasteiger partial charge in [0.2, 0.25) is 5.91 Å². The van der Waals surface area contributed by atoms with Crippen LogP contribution in [0.1, 0.15) is 25.6 Å². The number of piperidine rings is 1. The topological polar surface area (TPSA) is 86.1 Å². The van der Waals surface area contributed by atoms with E-state index in [-0.39, 0.29) is 11.7 Å². The van der Waals surface area contributed by atoms with Crippen molar-refractivity contribution in [3.63, 3.8) is 0 Å². The molecule has 1 aromatic heterocycles. The van der Waals surface area contributed by atoms with Gasteiger partial charge in [-0.15, -0.1) is 0 Å². The number of hydrogen-bond donors (Lipinski definition) is 0. The Bertz CT molecular complexity index is 860. The summed E-state index contributed by atoms with van der Waals surface area (Å²) in [6.45, 7) is 3.67. The zero-order valence-corrected chi connectivity index (χ0v) is 15.3. The van der Waals surface area contributed by atoms with E-state index in [2.05, 4.69) is 0 Å². The molecule has 4 aliphatic heterocycles. The Morgan fingerprint density at radius 3 is 2.70 bits per heavy atom. The lowest BCUT2D eigenvalue weighted by Crippen LogP contribution is -2.58. The van der Waals surface area contributed by atoms with Crippen LogP contribution in [0.3, 0.4) is 0 Å². The fraction of sp³-hybridized carbons (Fsp3) is 0.550. The zero-order valence-electron chi connectivity index (χ0n) is 15.3. The molecule has 1 aromatic rings. The van der Waals surface area contributed by atoms with Crippen LogP contribution >= 0.6 is 0 Å². The second kappa shape index (κ2) is 5.32. The number of carbonyl (C=O) groups is 3. The number of hydrogen-bond acceptors (Lipinski definition) is 6. The first-order valence-electron chi connectivity index (χ1n) is 9.26. The average Bonchev–Trinajstić information content (AvgIpc) is 3.42. The molecule has 8 atom stereocenters. The number of methoxy groups -OCH3 is 1. The molecule has 1 amide bonds. The van der Waals surface area contributed by atoms with Crippen molar-refractivity contribution in [1.82, 2.24) is 4.90 Å². The molecule has 5 heterocycles. The van der Waals surface area contributed by atoms with Gasteiger partial charge in [-0.25, -0.2) is 0 Å². The molecule has 0 aliphatic carbocycles. The summed E-state index contributed by atoms with van der Waals surface area (Å²) in [6.07, 6.45) is 4.76. The summed E-state index contributed by atoms with van der Waals surface area (Å²) >= 11 is 0. The summed E-state index contributed by atoms with van der Waals surface area (Å²) in [6, 6.07) is 2.56. The zero-order chi connectivity index (χ0) is 19.1. The first kappa shape index (κ1) is 16.7. The van der Waals surface area contributed by atoms with Crippen LogP contribution in [-0.2, 0) is 23.9 Å². The minimum absolute atomic E-state index is 0.0717. The Hall–Kier alpha value is -2.41. The number of esters is 1. The van der Waals surface area contributed by atoms with Crippen LogP contribution in [0, 0.1) is 23.7 Å². The molecule has 0 saturated carbocycles. The molecule has 0 N–H and O–H groups in total. The van der Waals surface area contributed by atoms with Gasteiger partial charge in [0.25, 0.3) is 0 Å². The summed E-state index contributed by atoms with van der Waals surface area (Å²) in [7, 11) is 1.32. The van der Waals surface area contributed by atoms with Crippen molar-refractivity contribution < 1.29 is 28.3 Å². The Balaban J connectivity index is 1.67. The molecule has 0 aromatic carbocycles. The number of furan rings is 1. The largest absolute Gasteiger partial charge is 0.469 e. The number of rotatable bonds is 2. The van der Waals surface area contributed by atoms with Crippen LogP contribution in [0.5, 0.6) is 0 Å². The first-order valence-corrected chi connectivity index (χ1v) is 9.26. The van der Waals surface area contributed by atoms with Gasteiger partial charge in [0, 0.05) is 11.8 Å². The van der Waals surface area contributed by atoms with Gasteiger partial charge in [-0.1, -0.05) is 26.0 Å². The Morgan fingerprint density at radius 1 is 1.26 bits per heavy atom. The van der Waals surface area contributed by atoms with Crippen molar-refractivity contribution in [1.29, 1.82) is 0 Å². The monoisotopic (exact) mass is 371 g/mol. The molecule has 1 spiro atoms. The highest BCUT2D eigenvalue weighted by atomic mass is 16.5. The maximum atomic E-state index is 13.6. The highest BCUT2D eigenvalue weighted by Gasteiger charge is 2.75. The normalized spacial score (nSPS) is 44.6. The SMILES string of the molecule is COC(=O)[C@@H]1[C@H]2C=C[C@]3(O2)[C@H]1C(=O)N1[C@@H](c2ccco2)[C@@H](C)C(=O)[C@H](C)[C@@H]13. The van der Waals surface area contributed by atoms with Crippen molar-refractivity contribution in [2.45, 2.75) is 37.6 Å². The van der Waals surface area contributed by atoms with Crippen molar-refractivity contribution in [3.8, 4) is 0 Å². The summed E-state index contributed by atoms with van der Waals surface area (Å²) in [5.41, 5.74) is -0.972. The van der Waals surface area contributed by atoms with Crippen molar-refractivity contribution >= 4 is 17.7 Å². The number of nitrogens with zero attached hydrogens (tertiary/aromatic N) is 1. The number of Topliss-reactive ketones (excluding diaryl/α,β-unsaturated/α-hetero) is 1. The second-order valence-corrected chi connectivity index (χ2v) is 7.95. The van der Waals surface area contributed by atoms with Gasteiger partial charge in [-0.3, -0.25) is 14.4 Å². The maximum Gasteiger partial charge on any atom is 0.312 e. The highest BCUT2D eigenvalue weighted by molar-refractivity contribution is 5.96. The molecule has 0 unspecified atom stereocenters. The van der Waals surface area contributed by atoms with Crippen LogP contribution in [0.25, 0.3) is 0 Å². The van der Waals surface area contributed by atoms with Crippen LogP contribution < -0.4 is 0 Å². The van der Waals surface area contributed by atoms with Crippen molar-refractivity contribution in [2.75, 3.05) is 7.11 Å². The molecule has 4 aliphatic rings. The second-order valence-electron chi connectivity index (χ2n) is 7.95. The third-order valence-corrected chi connectivity index (χ3v) is 6.82.